The van der Waals surface area contributed by atoms with Gasteiger partial charge in [0.15, 0.2) is 0 Å². The first-order valence-electron chi connectivity index (χ1n) is 9.56. The Hall–Kier alpha value is -2.52. The Morgan fingerprint density at radius 3 is 2.55 bits per heavy atom. The molecule has 1 unspecified atom stereocenters. The molecule has 29 heavy (non-hydrogen) atoms. The third-order valence-electron chi connectivity index (χ3n) is 5.23. The molecule has 1 aromatic carbocycles. The number of amides is 1. The summed E-state index contributed by atoms with van der Waals surface area (Å²) in [4.78, 5) is 23.7. The zero-order chi connectivity index (χ0) is 21.2. The molecule has 0 spiro atoms. The predicted molar refractivity (Wildman–Crippen MR) is 112 cm³/mol. The number of carbonyl (C=O) groups excluding carboxylic acids is 1. The van der Waals surface area contributed by atoms with Gasteiger partial charge in [-0.05, 0) is 56.0 Å². The van der Waals surface area contributed by atoms with Gasteiger partial charge in [0.1, 0.15) is 0 Å². The van der Waals surface area contributed by atoms with Crippen molar-refractivity contribution >= 4 is 21.9 Å². The second-order valence-electron chi connectivity index (χ2n) is 7.51. The van der Waals surface area contributed by atoms with Gasteiger partial charge in [-0.25, -0.2) is 22.7 Å². The van der Waals surface area contributed by atoms with Crippen LogP contribution in [0.15, 0.2) is 35.5 Å². The fraction of sp³-hybridized carbons (Fsp3) is 0.450. The molecule has 9 heteroatoms. The Bertz CT molecular complexity index is 993. The van der Waals surface area contributed by atoms with Crippen LogP contribution in [0.3, 0.4) is 0 Å². The second kappa shape index (κ2) is 8.46. The summed E-state index contributed by atoms with van der Waals surface area (Å²) in [5, 5.41) is 3.04. The van der Waals surface area contributed by atoms with E-state index in [4.69, 9.17) is 0 Å². The molecule has 2 aromatic rings. The largest absolute Gasteiger partial charge is 0.348 e. The van der Waals surface area contributed by atoms with Crippen LogP contribution < -0.4 is 10.2 Å². The van der Waals surface area contributed by atoms with Crippen LogP contribution in [-0.4, -0.2) is 61.8 Å². The van der Waals surface area contributed by atoms with Crippen molar-refractivity contribution in [3.05, 3.63) is 47.3 Å². The van der Waals surface area contributed by atoms with Crippen LogP contribution in [0.1, 0.15) is 34.3 Å². The predicted octanol–water partition coefficient (Wildman–Crippen LogP) is 1.74. The van der Waals surface area contributed by atoms with Crippen LogP contribution in [0.2, 0.25) is 0 Å². The smallest absolute Gasteiger partial charge is 0.251 e. The molecule has 1 fully saturated rings. The number of aromatic nitrogens is 2. The zero-order valence-corrected chi connectivity index (χ0v) is 18.0. The summed E-state index contributed by atoms with van der Waals surface area (Å²) in [5.74, 6) is 0.376. The summed E-state index contributed by atoms with van der Waals surface area (Å²) in [6.45, 7) is 5.02. The third kappa shape index (κ3) is 4.56. The highest BCUT2D eigenvalue weighted by Crippen LogP contribution is 2.24. The average molecular weight is 418 g/mol. The Morgan fingerprint density at radius 2 is 1.90 bits per heavy atom. The van der Waals surface area contributed by atoms with Crippen molar-refractivity contribution in [1.82, 2.24) is 19.6 Å². The molecular formula is C20H27N5O3S. The van der Waals surface area contributed by atoms with E-state index >= 15 is 0 Å². The van der Waals surface area contributed by atoms with Gasteiger partial charge in [-0.1, -0.05) is 0 Å². The highest BCUT2D eigenvalue weighted by molar-refractivity contribution is 7.89. The summed E-state index contributed by atoms with van der Waals surface area (Å²) < 4.78 is 26.4. The topological polar surface area (TPSA) is 95.5 Å². The number of rotatable bonds is 5. The van der Waals surface area contributed by atoms with Crippen LogP contribution in [0.25, 0.3) is 0 Å². The summed E-state index contributed by atoms with van der Waals surface area (Å²) in [6, 6.07) is 4.91. The SMILES string of the molecule is Cc1cc(C(=O)NC2CCCN(c3ncccn3)C2)cc(S(=O)(=O)N(C)C)c1C. The molecule has 2 heterocycles. The van der Waals surface area contributed by atoms with Gasteiger partial charge in [0, 0.05) is 51.2 Å². The van der Waals surface area contributed by atoms with E-state index in [0.29, 0.717) is 23.6 Å². The molecule has 8 nitrogen and oxygen atoms in total. The maximum atomic E-state index is 12.9. The van der Waals surface area contributed by atoms with Crippen molar-refractivity contribution in [3.63, 3.8) is 0 Å². The number of nitrogens with one attached hydrogen (secondary N) is 1. The molecule has 1 aromatic heterocycles. The van der Waals surface area contributed by atoms with Crippen molar-refractivity contribution in [2.75, 3.05) is 32.1 Å². The minimum atomic E-state index is -3.64. The van der Waals surface area contributed by atoms with E-state index in [0.717, 1.165) is 29.3 Å². The molecule has 1 N–H and O–H groups in total. The number of carbonyl (C=O) groups is 1. The van der Waals surface area contributed by atoms with Crippen LogP contribution in [0, 0.1) is 13.8 Å². The van der Waals surface area contributed by atoms with Crippen molar-refractivity contribution in [2.24, 2.45) is 0 Å². The Labute approximate surface area is 172 Å². The first-order chi connectivity index (χ1) is 13.7. The molecular weight excluding hydrogens is 390 g/mol. The summed E-state index contributed by atoms with van der Waals surface area (Å²) in [5.41, 5.74) is 1.77. The van der Waals surface area contributed by atoms with E-state index in [1.54, 1.807) is 31.5 Å². The number of benzene rings is 1. The first kappa shape index (κ1) is 21.2. The number of hydrogen-bond acceptors (Lipinski definition) is 6. The number of anilines is 1. The monoisotopic (exact) mass is 417 g/mol. The van der Waals surface area contributed by atoms with Gasteiger partial charge >= 0.3 is 0 Å². The van der Waals surface area contributed by atoms with Crippen molar-refractivity contribution < 1.29 is 13.2 Å². The van der Waals surface area contributed by atoms with Gasteiger partial charge < -0.3 is 10.2 Å². The standard InChI is InChI=1S/C20H27N5O3S/c1-14-11-16(12-18(15(14)2)29(27,28)24(3)4)19(26)23-17-7-5-10-25(13-17)20-21-8-6-9-22-20/h6,8-9,11-12,17H,5,7,10,13H2,1-4H3,(H,23,26). The number of nitrogens with zero attached hydrogens (tertiary/aromatic N) is 4. The normalized spacial score (nSPS) is 17.4. The van der Waals surface area contributed by atoms with Gasteiger partial charge in [-0.2, -0.15) is 0 Å². The van der Waals surface area contributed by atoms with Crippen molar-refractivity contribution in [3.8, 4) is 0 Å². The number of hydrogen-bond donors (Lipinski definition) is 1. The van der Waals surface area contributed by atoms with Crippen LogP contribution in [-0.2, 0) is 10.0 Å². The molecule has 1 aliphatic heterocycles. The Balaban J connectivity index is 1.80. The van der Waals surface area contributed by atoms with Gasteiger partial charge in [0.2, 0.25) is 16.0 Å². The van der Waals surface area contributed by atoms with E-state index in [-0.39, 0.29) is 16.8 Å². The van der Waals surface area contributed by atoms with Gasteiger partial charge in [0.25, 0.3) is 5.91 Å². The molecule has 0 aliphatic carbocycles. The fourth-order valence-corrected chi connectivity index (χ4v) is 4.64. The number of aryl methyl sites for hydroxylation is 1. The lowest BCUT2D eigenvalue weighted by Gasteiger charge is -2.33. The summed E-state index contributed by atoms with van der Waals surface area (Å²) in [6.07, 6.45) is 5.16. The molecule has 0 saturated carbocycles. The second-order valence-corrected chi connectivity index (χ2v) is 9.63. The quantitative estimate of drug-likeness (QED) is 0.796. The van der Waals surface area contributed by atoms with Crippen LogP contribution in [0.5, 0.6) is 0 Å². The van der Waals surface area contributed by atoms with Crippen LogP contribution >= 0.6 is 0 Å². The van der Waals surface area contributed by atoms with Crippen LogP contribution in [0.4, 0.5) is 5.95 Å². The Morgan fingerprint density at radius 1 is 1.21 bits per heavy atom. The van der Waals surface area contributed by atoms with Gasteiger partial charge in [0.05, 0.1) is 4.90 Å². The molecule has 0 radical (unpaired) electrons. The molecule has 3 rings (SSSR count). The minimum Gasteiger partial charge on any atom is -0.348 e. The third-order valence-corrected chi connectivity index (χ3v) is 7.17. The highest BCUT2D eigenvalue weighted by atomic mass is 32.2. The number of piperidine rings is 1. The van der Waals surface area contributed by atoms with E-state index in [1.807, 2.05) is 6.92 Å². The summed E-state index contributed by atoms with van der Waals surface area (Å²) >= 11 is 0. The van der Waals surface area contributed by atoms with E-state index in [9.17, 15) is 13.2 Å². The first-order valence-corrected chi connectivity index (χ1v) is 11.0. The van der Waals surface area contributed by atoms with Gasteiger partial charge in [-0.15, -0.1) is 0 Å². The molecule has 1 amide bonds. The van der Waals surface area contributed by atoms with E-state index < -0.39 is 10.0 Å². The zero-order valence-electron chi connectivity index (χ0n) is 17.2. The lowest BCUT2D eigenvalue weighted by molar-refractivity contribution is 0.0932. The fourth-order valence-electron chi connectivity index (χ4n) is 3.42. The molecule has 1 atom stereocenters. The molecule has 1 aliphatic rings. The molecule has 0 bridgehead atoms. The summed E-state index contributed by atoms with van der Waals surface area (Å²) in [7, 11) is -0.665. The average Bonchev–Trinajstić information content (AvgIpc) is 2.70. The lowest BCUT2D eigenvalue weighted by Crippen LogP contribution is -2.48. The van der Waals surface area contributed by atoms with Crippen molar-refractivity contribution in [1.29, 1.82) is 0 Å². The maximum absolute atomic E-state index is 12.9. The highest BCUT2D eigenvalue weighted by Gasteiger charge is 2.26. The van der Waals surface area contributed by atoms with Gasteiger partial charge in [-0.3, -0.25) is 4.79 Å². The minimum absolute atomic E-state index is 0.0597. The lowest BCUT2D eigenvalue weighted by atomic mass is 10.0. The number of sulfonamides is 1. The van der Waals surface area contributed by atoms with Crippen molar-refractivity contribution in [2.45, 2.75) is 37.6 Å². The molecule has 156 valence electrons. The van der Waals surface area contributed by atoms with E-state index in [2.05, 4.69) is 20.2 Å². The maximum Gasteiger partial charge on any atom is 0.251 e. The van der Waals surface area contributed by atoms with E-state index in [1.165, 1.54) is 20.2 Å². The Kier molecular flexibility index (Phi) is 6.18. The molecule has 1 saturated heterocycles.